The van der Waals surface area contributed by atoms with Crippen LogP contribution >= 0.6 is 0 Å². The van der Waals surface area contributed by atoms with Gasteiger partial charge in [0.05, 0.1) is 5.52 Å². The van der Waals surface area contributed by atoms with E-state index < -0.39 is 5.97 Å². The number of nitrogens with zero attached hydrogens (tertiary/aromatic N) is 3. The number of hydrogen-bond acceptors (Lipinski definition) is 3. The molecule has 1 saturated heterocycles. The van der Waals surface area contributed by atoms with Gasteiger partial charge in [-0.05, 0) is 61.6 Å². The maximum absolute atomic E-state index is 14.1. The van der Waals surface area contributed by atoms with Gasteiger partial charge >= 0.3 is 5.97 Å². The summed E-state index contributed by atoms with van der Waals surface area (Å²) >= 11 is 0. The summed E-state index contributed by atoms with van der Waals surface area (Å²) in [4.78, 5) is 30.8. The first-order valence-corrected chi connectivity index (χ1v) is 11.5. The Kier molecular flexibility index (Phi) is 4.52. The summed E-state index contributed by atoms with van der Waals surface area (Å²) in [6, 6.07) is 16.0. The second-order valence-electron chi connectivity index (χ2n) is 9.80. The number of carboxylic acid groups (broad SMARTS) is 1. The molecule has 1 amide bonds. The lowest BCUT2D eigenvalue weighted by Gasteiger charge is -2.59. The van der Waals surface area contributed by atoms with E-state index in [2.05, 4.69) is 4.98 Å². The molecule has 6 nitrogen and oxygen atoms in total. The van der Waals surface area contributed by atoms with E-state index in [4.69, 9.17) is 0 Å². The quantitative estimate of drug-likeness (QED) is 0.480. The van der Waals surface area contributed by atoms with Crippen molar-refractivity contribution in [3.63, 3.8) is 0 Å². The summed E-state index contributed by atoms with van der Waals surface area (Å²) in [7, 11) is 0. The summed E-state index contributed by atoms with van der Waals surface area (Å²) < 4.78 is 15.8. The van der Waals surface area contributed by atoms with Crippen molar-refractivity contribution in [1.82, 2.24) is 14.5 Å². The Morgan fingerprint density at radius 1 is 1.12 bits per heavy atom. The fraction of sp³-hybridized carbons (Fsp3) is 0.296. The normalized spacial score (nSPS) is 17.2. The third-order valence-corrected chi connectivity index (χ3v) is 7.55. The van der Waals surface area contributed by atoms with E-state index in [9.17, 15) is 19.1 Å². The van der Waals surface area contributed by atoms with Crippen molar-refractivity contribution in [3.8, 4) is 0 Å². The molecule has 2 aromatic carbocycles. The lowest BCUT2D eigenvalue weighted by atomic mass is 9.56. The number of amides is 1. The maximum Gasteiger partial charge on any atom is 0.323 e. The number of hydrogen-bond donors (Lipinski definition) is 1. The number of halogens is 1. The molecule has 7 heteroatoms. The molecule has 1 aliphatic heterocycles. The predicted molar refractivity (Wildman–Crippen MR) is 126 cm³/mol. The number of carboxylic acids is 1. The Bertz CT molecular complexity index is 1480. The minimum absolute atomic E-state index is 0.0452. The zero-order chi connectivity index (χ0) is 23.6. The minimum atomic E-state index is -0.920. The molecular weight excluding hydrogens is 433 g/mol. The highest BCUT2D eigenvalue weighted by molar-refractivity contribution is 5.95. The minimum Gasteiger partial charge on any atom is -0.480 e. The number of carbonyl (C=O) groups is 2. The molecule has 4 aromatic rings. The van der Waals surface area contributed by atoms with Crippen molar-refractivity contribution in [1.29, 1.82) is 0 Å². The lowest BCUT2D eigenvalue weighted by molar-refractivity contribution is -0.137. The average Bonchev–Trinajstić information content (AvgIpc) is 3.01. The van der Waals surface area contributed by atoms with Crippen molar-refractivity contribution in [2.45, 2.75) is 32.2 Å². The van der Waals surface area contributed by atoms with E-state index in [0.29, 0.717) is 18.8 Å². The van der Waals surface area contributed by atoms with Crippen molar-refractivity contribution < 1.29 is 19.1 Å². The molecule has 3 heterocycles. The number of fused-ring (bicyclic) bond motifs is 2. The summed E-state index contributed by atoms with van der Waals surface area (Å²) in [6.07, 6.45) is 1.82. The largest absolute Gasteiger partial charge is 0.480 e. The Balaban J connectivity index is 1.20. The molecule has 2 aromatic heterocycles. The van der Waals surface area contributed by atoms with Crippen LogP contribution in [0.25, 0.3) is 21.8 Å². The molecule has 1 aliphatic carbocycles. The van der Waals surface area contributed by atoms with Gasteiger partial charge in [0.1, 0.15) is 18.1 Å². The van der Waals surface area contributed by atoms with Gasteiger partial charge < -0.3 is 14.6 Å². The summed E-state index contributed by atoms with van der Waals surface area (Å²) in [6.45, 7) is 3.16. The van der Waals surface area contributed by atoms with Gasteiger partial charge in [0.2, 0.25) is 0 Å². The van der Waals surface area contributed by atoms with E-state index in [-0.39, 0.29) is 29.6 Å². The van der Waals surface area contributed by atoms with Gasteiger partial charge in [0, 0.05) is 40.5 Å². The van der Waals surface area contributed by atoms with Crippen molar-refractivity contribution in [2.75, 3.05) is 13.1 Å². The molecule has 172 valence electrons. The number of benzene rings is 2. The average molecular weight is 458 g/mol. The monoisotopic (exact) mass is 457 g/mol. The molecule has 2 fully saturated rings. The molecule has 34 heavy (non-hydrogen) atoms. The molecular formula is C27H24FN3O3. The first-order chi connectivity index (χ1) is 16.3. The van der Waals surface area contributed by atoms with E-state index in [1.807, 2.05) is 42.2 Å². The first kappa shape index (κ1) is 20.8. The number of pyridine rings is 1. The third kappa shape index (κ3) is 3.18. The Morgan fingerprint density at radius 3 is 2.65 bits per heavy atom. The molecule has 6 rings (SSSR count). The molecule has 0 bridgehead atoms. The SMILES string of the molecule is Cc1c(C2CC3(C2)CN(C(=O)c2ccc4ccccc4n2)C3)c2cc(F)ccc2n1CC(=O)O. The van der Waals surface area contributed by atoms with Crippen molar-refractivity contribution in [3.05, 3.63) is 77.4 Å². The van der Waals surface area contributed by atoms with Gasteiger partial charge in [-0.2, -0.15) is 0 Å². The van der Waals surface area contributed by atoms with Crippen LogP contribution < -0.4 is 0 Å². The lowest BCUT2D eigenvalue weighted by Crippen LogP contribution is -2.63. The van der Waals surface area contributed by atoms with Crippen molar-refractivity contribution >= 4 is 33.7 Å². The van der Waals surface area contributed by atoms with Crippen LogP contribution in [0.3, 0.4) is 0 Å². The standard InChI is InChI=1S/C27H24FN3O3/c1-16-25(20-10-19(28)7-9-23(20)31(16)13-24(32)33)18-11-27(12-18)14-30(15-27)26(34)22-8-6-17-4-2-3-5-21(17)29-22/h2-10,18H,11-15H2,1H3,(H,32,33). The Hall–Kier alpha value is -3.74. The number of rotatable bonds is 4. The van der Waals surface area contributed by atoms with Gasteiger partial charge in [-0.3, -0.25) is 9.59 Å². The van der Waals surface area contributed by atoms with Crippen LogP contribution in [0.5, 0.6) is 0 Å². The van der Waals surface area contributed by atoms with Crippen LogP contribution in [0.1, 0.15) is 40.5 Å². The molecule has 1 saturated carbocycles. The highest BCUT2D eigenvalue weighted by atomic mass is 19.1. The molecule has 2 aliphatic rings. The second-order valence-corrected chi connectivity index (χ2v) is 9.80. The van der Waals surface area contributed by atoms with E-state index in [1.165, 1.54) is 12.1 Å². The smallest absolute Gasteiger partial charge is 0.323 e. The predicted octanol–water partition coefficient (Wildman–Crippen LogP) is 4.74. The fourth-order valence-corrected chi connectivity index (χ4v) is 6.04. The number of aromatic nitrogens is 2. The number of carbonyl (C=O) groups excluding carboxylic acids is 1. The summed E-state index contributed by atoms with van der Waals surface area (Å²) in [5.41, 5.74) is 4.04. The first-order valence-electron chi connectivity index (χ1n) is 11.5. The van der Waals surface area contributed by atoms with Crippen LogP contribution in [0, 0.1) is 18.2 Å². The highest BCUT2D eigenvalue weighted by Crippen LogP contribution is 2.58. The second kappa shape index (κ2) is 7.38. The Labute approximate surface area is 195 Å². The van der Waals surface area contributed by atoms with Crippen molar-refractivity contribution in [2.24, 2.45) is 5.41 Å². The summed E-state index contributed by atoms with van der Waals surface area (Å²) in [5, 5.41) is 11.2. The molecule has 1 N–H and O–H groups in total. The van der Waals surface area contributed by atoms with Gasteiger partial charge in [0.25, 0.3) is 5.91 Å². The molecule has 0 atom stereocenters. The van der Waals surface area contributed by atoms with E-state index >= 15 is 0 Å². The fourth-order valence-electron chi connectivity index (χ4n) is 6.04. The van der Waals surface area contributed by atoms with Gasteiger partial charge in [-0.1, -0.05) is 24.3 Å². The van der Waals surface area contributed by atoms with E-state index in [1.54, 1.807) is 16.7 Å². The molecule has 0 radical (unpaired) electrons. The zero-order valence-corrected chi connectivity index (χ0v) is 18.8. The van der Waals surface area contributed by atoms with Crippen LogP contribution in [-0.2, 0) is 11.3 Å². The maximum atomic E-state index is 14.1. The zero-order valence-electron chi connectivity index (χ0n) is 18.8. The third-order valence-electron chi connectivity index (χ3n) is 7.55. The van der Waals surface area contributed by atoms with Gasteiger partial charge in [0.15, 0.2) is 0 Å². The Morgan fingerprint density at radius 2 is 1.88 bits per heavy atom. The van der Waals surface area contributed by atoms with Crippen LogP contribution in [0.2, 0.25) is 0 Å². The van der Waals surface area contributed by atoms with Crippen LogP contribution in [0.4, 0.5) is 4.39 Å². The van der Waals surface area contributed by atoms with Gasteiger partial charge in [-0.15, -0.1) is 0 Å². The molecule has 1 spiro atoms. The van der Waals surface area contributed by atoms with E-state index in [0.717, 1.165) is 45.9 Å². The highest BCUT2D eigenvalue weighted by Gasteiger charge is 2.54. The van der Waals surface area contributed by atoms with Gasteiger partial charge in [-0.25, -0.2) is 9.37 Å². The number of likely N-dealkylation sites (tertiary alicyclic amines) is 1. The number of aliphatic carboxylic acids is 1. The van der Waals surface area contributed by atoms with Crippen LogP contribution in [0.15, 0.2) is 54.6 Å². The molecule has 0 unspecified atom stereocenters. The van der Waals surface area contributed by atoms with Crippen LogP contribution in [-0.4, -0.2) is 44.5 Å². The topological polar surface area (TPSA) is 75.4 Å². The number of para-hydroxylation sites is 1. The summed E-state index contributed by atoms with van der Waals surface area (Å²) in [5.74, 6) is -1.05.